The number of nitrogens with zero attached hydrogens (tertiary/aromatic N) is 2. The van der Waals surface area contributed by atoms with Crippen LogP contribution in [0, 0.1) is 0 Å². The van der Waals surface area contributed by atoms with Crippen LogP contribution in [0.4, 0.5) is 5.69 Å². The van der Waals surface area contributed by atoms with E-state index in [1.807, 2.05) is 68.4 Å². The minimum atomic E-state index is -4.26. The molecule has 0 fully saturated rings. The fraction of sp³-hybridized carbons (Fsp3) is 0.235. The summed E-state index contributed by atoms with van der Waals surface area (Å²) in [5.41, 5.74) is 1.83. The molecule has 0 saturated carbocycles. The van der Waals surface area contributed by atoms with Crippen molar-refractivity contribution in [3.8, 4) is 0 Å². The molecule has 2 amide bonds. The van der Waals surface area contributed by atoms with Crippen molar-refractivity contribution in [2.45, 2.75) is 50.2 Å². The molecule has 2 atom stereocenters. The smallest absolute Gasteiger partial charge is 0.264 e. The van der Waals surface area contributed by atoms with Crippen LogP contribution in [0.25, 0.3) is 0 Å². The van der Waals surface area contributed by atoms with Gasteiger partial charge in [0.25, 0.3) is 10.0 Å². The normalized spacial score (nSPS) is 12.6. The predicted octanol–water partition coefficient (Wildman–Crippen LogP) is 7.51. The second-order valence-electron chi connectivity index (χ2n) is 10.6. The molecule has 4 aromatic carbocycles. The fourth-order valence-electron chi connectivity index (χ4n) is 4.72. The van der Waals surface area contributed by atoms with Crippen molar-refractivity contribution in [1.29, 1.82) is 0 Å². The van der Waals surface area contributed by atoms with E-state index < -0.39 is 28.5 Å². The summed E-state index contributed by atoms with van der Waals surface area (Å²) in [4.78, 5) is 29.8. The van der Waals surface area contributed by atoms with E-state index >= 15 is 0 Å². The van der Waals surface area contributed by atoms with Crippen LogP contribution in [-0.4, -0.2) is 43.8 Å². The van der Waals surface area contributed by atoms with E-state index in [1.54, 1.807) is 18.2 Å². The average molecular weight is 732 g/mol. The van der Waals surface area contributed by atoms with Gasteiger partial charge in [-0.3, -0.25) is 13.9 Å². The number of sulfonamides is 1. The maximum absolute atomic E-state index is 14.5. The van der Waals surface area contributed by atoms with Crippen molar-refractivity contribution >= 4 is 66.7 Å². The molecule has 0 heterocycles. The number of hydrogen-bond acceptors (Lipinski definition) is 4. The number of benzene rings is 4. The van der Waals surface area contributed by atoms with E-state index in [4.69, 9.17) is 23.2 Å². The molecule has 4 aromatic rings. The third kappa shape index (κ3) is 9.33. The van der Waals surface area contributed by atoms with Crippen LogP contribution in [-0.2, 0) is 32.6 Å². The maximum atomic E-state index is 14.5. The van der Waals surface area contributed by atoms with Crippen LogP contribution in [0.1, 0.15) is 31.4 Å². The summed E-state index contributed by atoms with van der Waals surface area (Å²) in [7, 11) is -4.26. The Morgan fingerprint density at radius 3 is 2.16 bits per heavy atom. The zero-order valence-electron chi connectivity index (χ0n) is 24.9. The van der Waals surface area contributed by atoms with Gasteiger partial charge >= 0.3 is 0 Å². The highest BCUT2D eigenvalue weighted by Crippen LogP contribution is 2.28. The van der Waals surface area contributed by atoms with Gasteiger partial charge < -0.3 is 10.2 Å². The number of carbonyl (C=O) groups excluding carboxylic acids is 2. The number of halogens is 3. The van der Waals surface area contributed by atoms with Gasteiger partial charge in [-0.1, -0.05) is 94.6 Å². The Bertz CT molecular complexity index is 1720. The molecule has 0 bridgehead atoms. The number of amides is 2. The van der Waals surface area contributed by atoms with Crippen molar-refractivity contribution in [2.75, 3.05) is 10.8 Å². The van der Waals surface area contributed by atoms with E-state index in [9.17, 15) is 18.0 Å². The summed E-state index contributed by atoms with van der Waals surface area (Å²) in [5.74, 6) is -0.890. The first kappa shape index (κ1) is 34.5. The Morgan fingerprint density at radius 1 is 0.844 bits per heavy atom. The first-order chi connectivity index (χ1) is 21.5. The van der Waals surface area contributed by atoms with E-state index in [0.29, 0.717) is 16.5 Å². The summed E-state index contributed by atoms with van der Waals surface area (Å²) < 4.78 is 30.0. The van der Waals surface area contributed by atoms with Gasteiger partial charge in [0, 0.05) is 33.5 Å². The molecular weight excluding hydrogens is 697 g/mol. The van der Waals surface area contributed by atoms with Gasteiger partial charge in [-0.05, 0) is 79.1 Å². The Labute approximate surface area is 283 Å². The number of hydrogen-bond donors (Lipinski definition) is 1. The lowest BCUT2D eigenvalue weighted by molar-refractivity contribution is -0.140. The Morgan fingerprint density at radius 2 is 1.51 bits per heavy atom. The minimum absolute atomic E-state index is 0.0476. The number of anilines is 1. The van der Waals surface area contributed by atoms with Crippen LogP contribution in [0.3, 0.4) is 0 Å². The fourth-order valence-corrected chi connectivity index (χ4v) is 6.88. The molecule has 0 radical (unpaired) electrons. The first-order valence-corrected chi connectivity index (χ1v) is 17.4. The lowest BCUT2D eigenvalue weighted by atomic mass is 10.0. The zero-order chi connectivity index (χ0) is 32.6. The SMILES string of the molecule is CCC(C)NC(=O)C(Cc1ccccc1)N(Cc1cccc(Br)c1)C(=O)CN(c1cccc(Cl)c1)S(=O)(=O)c1ccc(Cl)cc1. The molecule has 45 heavy (non-hydrogen) atoms. The van der Waals surface area contributed by atoms with Gasteiger partial charge in [0.05, 0.1) is 10.6 Å². The molecule has 0 spiro atoms. The summed E-state index contributed by atoms with van der Waals surface area (Å²) in [6.45, 7) is 3.35. The quantitative estimate of drug-likeness (QED) is 0.154. The lowest BCUT2D eigenvalue weighted by Crippen LogP contribution is -2.54. The van der Waals surface area contributed by atoms with Gasteiger partial charge in [-0.25, -0.2) is 8.42 Å². The molecule has 1 N–H and O–H groups in total. The molecule has 236 valence electrons. The molecule has 4 rings (SSSR count). The zero-order valence-corrected chi connectivity index (χ0v) is 28.8. The van der Waals surface area contributed by atoms with Gasteiger partial charge in [-0.2, -0.15) is 0 Å². The molecule has 0 aliphatic carbocycles. The Hall–Kier alpha value is -3.37. The van der Waals surface area contributed by atoms with E-state index in [0.717, 1.165) is 19.9 Å². The van der Waals surface area contributed by atoms with Crippen LogP contribution < -0.4 is 9.62 Å². The van der Waals surface area contributed by atoms with Crippen molar-refractivity contribution in [2.24, 2.45) is 0 Å². The standard InChI is InChI=1S/C34H34BrCl2N3O4S/c1-3-24(2)38-34(42)32(20-25-9-5-4-6-10-25)39(22-26-11-7-12-27(35)19-26)33(41)23-40(30-14-8-13-29(37)21-30)45(43,44)31-17-15-28(36)16-18-31/h4-19,21,24,32H,3,20,22-23H2,1-2H3,(H,38,42). The summed E-state index contributed by atoms with van der Waals surface area (Å²) in [6, 6.07) is 27.8. The molecule has 0 aromatic heterocycles. The second-order valence-corrected chi connectivity index (χ2v) is 14.3. The van der Waals surface area contributed by atoms with E-state index in [-0.39, 0.29) is 35.5 Å². The molecule has 11 heteroatoms. The van der Waals surface area contributed by atoms with Crippen molar-refractivity contribution in [3.05, 3.63) is 129 Å². The summed E-state index contributed by atoms with van der Waals surface area (Å²) in [6.07, 6.45) is 0.926. The summed E-state index contributed by atoms with van der Waals surface area (Å²) in [5, 5.41) is 3.71. The third-order valence-electron chi connectivity index (χ3n) is 7.29. The van der Waals surface area contributed by atoms with Crippen molar-refractivity contribution in [3.63, 3.8) is 0 Å². The Kier molecular flexibility index (Phi) is 12.1. The van der Waals surface area contributed by atoms with Crippen LogP contribution >= 0.6 is 39.1 Å². The molecule has 0 aliphatic rings. The molecule has 0 saturated heterocycles. The van der Waals surface area contributed by atoms with E-state index in [1.165, 1.54) is 35.2 Å². The largest absolute Gasteiger partial charge is 0.352 e. The summed E-state index contributed by atoms with van der Waals surface area (Å²) >= 11 is 15.8. The van der Waals surface area contributed by atoms with Crippen molar-refractivity contribution in [1.82, 2.24) is 10.2 Å². The van der Waals surface area contributed by atoms with Gasteiger partial charge in [0.15, 0.2) is 0 Å². The third-order valence-corrected chi connectivity index (χ3v) is 10.1. The van der Waals surface area contributed by atoms with Crippen LogP contribution in [0.15, 0.2) is 112 Å². The predicted molar refractivity (Wildman–Crippen MR) is 184 cm³/mol. The number of nitrogens with one attached hydrogen (secondary N) is 1. The first-order valence-electron chi connectivity index (χ1n) is 14.4. The number of carbonyl (C=O) groups is 2. The van der Waals surface area contributed by atoms with Gasteiger partial charge in [0.2, 0.25) is 11.8 Å². The average Bonchev–Trinajstić information content (AvgIpc) is 3.02. The highest BCUT2D eigenvalue weighted by atomic mass is 79.9. The monoisotopic (exact) mass is 729 g/mol. The van der Waals surface area contributed by atoms with E-state index in [2.05, 4.69) is 21.2 Å². The lowest BCUT2D eigenvalue weighted by Gasteiger charge is -2.34. The highest BCUT2D eigenvalue weighted by molar-refractivity contribution is 9.10. The topological polar surface area (TPSA) is 86.8 Å². The minimum Gasteiger partial charge on any atom is -0.352 e. The maximum Gasteiger partial charge on any atom is 0.264 e. The van der Waals surface area contributed by atoms with Crippen LogP contribution in [0.5, 0.6) is 0 Å². The number of rotatable bonds is 13. The Balaban J connectivity index is 1.81. The van der Waals surface area contributed by atoms with Gasteiger partial charge in [-0.15, -0.1) is 0 Å². The second kappa shape index (κ2) is 15.8. The van der Waals surface area contributed by atoms with Gasteiger partial charge in [0.1, 0.15) is 12.6 Å². The molecule has 7 nitrogen and oxygen atoms in total. The molecular formula is C34H34BrCl2N3O4S. The highest BCUT2D eigenvalue weighted by Gasteiger charge is 2.35. The van der Waals surface area contributed by atoms with Crippen LogP contribution in [0.2, 0.25) is 10.0 Å². The van der Waals surface area contributed by atoms with Crippen molar-refractivity contribution < 1.29 is 18.0 Å². The molecule has 0 aliphatic heterocycles. The molecule has 2 unspecified atom stereocenters.